The Bertz CT molecular complexity index is 546. The fourth-order valence-electron chi connectivity index (χ4n) is 2.27. The lowest BCUT2D eigenvalue weighted by atomic mass is 10.1. The van der Waals surface area contributed by atoms with E-state index >= 15 is 0 Å². The van der Waals surface area contributed by atoms with Gasteiger partial charge in [0.15, 0.2) is 0 Å². The van der Waals surface area contributed by atoms with E-state index in [9.17, 15) is 0 Å². The Labute approximate surface area is 112 Å². The van der Waals surface area contributed by atoms with Crippen molar-refractivity contribution in [1.29, 1.82) is 0 Å². The summed E-state index contributed by atoms with van der Waals surface area (Å²) >= 11 is 0. The van der Waals surface area contributed by atoms with Gasteiger partial charge in [-0.15, -0.1) is 0 Å². The molecule has 3 rings (SSSR count). The molecule has 0 fully saturated rings. The van der Waals surface area contributed by atoms with Crippen molar-refractivity contribution in [1.82, 2.24) is 9.97 Å². The van der Waals surface area contributed by atoms with Gasteiger partial charge >= 0.3 is 0 Å². The molecule has 1 N–H and O–H groups in total. The minimum Gasteiger partial charge on any atom is -0.488 e. The van der Waals surface area contributed by atoms with Crippen molar-refractivity contribution in [2.75, 3.05) is 11.9 Å². The van der Waals surface area contributed by atoms with E-state index in [2.05, 4.69) is 34.3 Å². The lowest BCUT2D eigenvalue weighted by molar-refractivity contribution is 0.246. The second kappa shape index (κ2) is 5.26. The molecular formula is C15H17N3O. The van der Waals surface area contributed by atoms with Crippen molar-refractivity contribution in [3.8, 4) is 5.75 Å². The molecule has 0 bridgehead atoms. The average molecular weight is 255 g/mol. The molecule has 19 heavy (non-hydrogen) atoms. The Morgan fingerprint density at radius 2 is 2.21 bits per heavy atom. The van der Waals surface area contributed by atoms with Gasteiger partial charge in [0.2, 0.25) is 0 Å². The highest BCUT2D eigenvalue weighted by molar-refractivity contribution is 5.39. The van der Waals surface area contributed by atoms with Crippen LogP contribution in [-0.2, 0) is 12.8 Å². The number of nitrogens with zero attached hydrogens (tertiary/aromatic N) is 2. The number of rotatable bonds is 4. The predicted octanol–water partition coefficient (Wildman–Crippen LogP) is 2.45. The molecule has 1 aromatic carbocycles. The number of hydrogen-bond donors (Lipinski definition) is 1. The smallest absolute Gasteiger partial charge is 0.129 e. The van der Waals surface area contributed by atoms with Crippen LogP contribution in [0, 0.1) is 0 Å². The van der Waals surface area contributed by atoms with Crippen molar-refractivity contribution in [3.05, 3.63) is 47.9 Å². The van der Waals surface area contributed by atoms with E-state index < -0.39 is 0 Å². The molecule has 1 aliphatic rings. The number of nitrogens with one attached hydrogen (secondary N) is 1. The quantitative estimate of drug-likeness (QED) is 0.911. The molecule has 0 saturated carbocycles. The molecule has 0 radical (unpaired) electrons. The maximum Gasteiger partial charge on any atom is 0.129 e. The summed E-state index contributed by atoms with van der Waals surface area (Å²) in [7, 11) is 0. The molecule has 0 saturated heterocycles. The summed E-state index contributed by atoms with van der Waals surface area (Å²) in [6.07, 6.45) is 3.65. The molecule has 2 heterocycles. The fourth-order valence-corrected chi connectivity index (χ4v) is 2.27. The van der Waals surface area contributed by atoms with E-state index in [0.717, 1.165) is 36.6 Å². The van der Waals surface area contributed by atoms with Crippen LogP contribution >= 0.6 is 0 Å². The zero-order valence-corrected chi connectivity index (χ0v) is 11.0. The molecular weight excluding hydrogens is 238 g/mol. The first kappa shape index (κ1) is 12.0. The van der Waals surface area contributed by atoms with Gasteiger partial charge in [-0.2, -0.15) is 0 Å². The summed E-state index contributed by atoms with van der Waals surface area (Å²) in [5.41, 5.74) is 2.33. The topological polar surface area (TPSA) is 47.0 Å². The molecule has 4 heteroatoms. The van der Waals surface area contributed by atoms with E-state index in [1.807, 2.05) is 18.2 Å². The van der Waals surface area contributed by atoms with Crippen LogP contribution in [0.1, 0.15) is 18.2 Å². The standard InChI is InChI=1S/C15H17N3O/c1-2-12-8-15(18-10-17-12)16-9-13-7-11-5-3-4-6-14(11)19-13/h3-6,8,10,13H,2,7,9H2,1H3,(H,16,17,18). The Balaban J connectivity index is 1.59. The van der Waals surface area contributed by atoms with E-state index in [1.165, 1.54) is 5.56 Å². The Hall–Kier alpha value is -2.10. The highest BCUT2D eigenvalue weighted by atomic mass is 16.5. The highest BCUT2D eigenvalue weighted by Crippen LogP contribution is 2.28. The van der Waals surface area contributed by atoms with E-state index in [1.54, 1.807) is 6.33 Å². The number of benzene rings is 1. The number of aryl methyl sites for hydroxylation is 1. The maximum absolute atomic E-state index is 5.88. The van der Waals surface area contributed by atoms with Gasteiger partial charge in [0.25, 0.3) is 0 Å². The molecule has 0 aliphatic carbocycles. The monoisotopic (exact) mass is 255 g/mol. The molecule has 1 aromatic heterocycles. The summed E-state index contributed by atoms with van der Waals surface area (Å²) in [4.78, 5) is 8.41. The third-order valence-corrected chi connectivity index (χ3v) is 3.31. The molecule has 1 aliphatic heterocycles. The van der Waals surface area contributed by atoms with Gasteiger partial charge < -0.3 is 10.1 Å². The van der Waals surface area contributed by atoms with E-state index in [4.69, 9.17) is 4.74 Å². The van der Waals surface area contributed by atoms with Crippen molar-refractivity contribution in [3.63, 3.8) is 0 Å². The van der Waals surface area contributed by atoms with Crippen LogP contribution in [0.3, 0.4) is 0 Å². The second-order valence-corrected chi connectivity index (χ2v) is 4.68. The van der Waals surface area contributed by atoms with Crippen molar-refractivity contribution < 1.29 is 4.74 Å². The Morgan fingerprint density at radius 1 is 1.32 bits per heavy atom. The zero-order valence-electron chi connectivity index (χ0n) is 11.0. The average Bonchev–Trinajstić information content (AvgIpc) is 2.88. The first-order valence-electron chi connectivity index (χ1n) is 6.64. The molecule has 0 spiro atoms. The molecule has 2 aromatic rings. The van der Waals surface area contributed by atoms with Gasteiger partial charge in [0, 0.05) is 18.2 Å². The lowest BCUT2D eigenvalue weighted by Crippen LogP contribution is -2.24. The van der Waals surface area contributed by atoms with Gasteiger partial charge in [-0.05, 0) is 18.1 Å². The van der Waals surface area contributed by atoms with Crippen LogP contribution < -0.4 is 10.1 Å². The van der Waals surface area contributed by atoms with Crippen molar-refractivity contribution in [2.45, 2.75) is 25.9 Å². The third-order valence-electron chi connectivity index (χ3n) is 3.31. The number of fused-ring (bicyclic) bond motifs is 1. The summed E-state index contributed by atoms with van der Waals surface area (Å²) in [6.45, 7) is 2.84. The van der Waals surface area contributed by atoms with Gasteiger partial charge in [-0.3, -0.25) is 0 Å². The number of anilines is 1. The van der Waals surface area contributed by atoms with Gasteiger partial charge in [0.05, 0.1) is 6.54 Å². The van der Waals surface area contributed by atoms with Crippen LogP contribution in [0.25, 0.3) is 0 Å². The fraction of sp³-hybridized carbons (Fsp3) is 0.333. The SMILES string of the molecule is CCc1cc(NCC2Cc3ccccc3O2)ncn1. The zero-order chi connectivity index (χ0) is 13.1. The van der Waals surface area contributed by atoms with Crippen LogP contribution in [0.15, 0.2) is 36.7 Å². The van der Waals surface area contributed by atoms with Gasteiger partial charge in [-0.1, -0.05) is 25.1 Å². The van der Waals surface area contributed by atoms with Gasteiger partial charge in [0.1, 0.15) is 24.0 Å². The first-order valence-corrected chi connectivity index (χ1v) is 6.64. The molecule has 1 atom stereocenters. The third kappa shape index (κ3) is 2.67. The first-order chi connectivity index (χ1) is 9.35. The second-order valence-electron chi connectivity index (χ2n) is 4.68. The summed E-state index contributed by atoms with van der Waals surface area (Å²) in [5, 5.41) is 3.32. The number of aromatic nitrogens is 2. The highest BCUT2D eigenvalue weighted by Gasteiger charge is 2.21. The summed E-state index contributed by atoms with van der Waals surface area (Å²) < 4.78 is 5.88. The number of ether oxygens (including phenoxy) is 1. The Morgan fingerprint density at radius 3 is 3.05 bits per heavy atom. The molecule has 1 unspecified atom stereocenters. The largest absolute Gasteiger partial charge is 0.488 e. The minimum absolute atomic E-state index is 0.178. The maximum atomic E-state index is 5.88. The molecule has 0 amide bonds. The summed E-state index contributed by atoms with van der Waals surface area (Å²) in [5.74, 6) is 1.87. The van der Waals surface area contributed by atoms with E-state index in [0.29, 0.717) is 0 Å². The van der Waals surface area contributed by atoms with Crippen LogP contribution in [-0.4, -0.2) is 22.6 Å². The molecule has 4 nitrogen and oxygen atoms in total. The summed E-state index contributed by atoms with van der Waals surface area (Å²) in [6, 6.07) is 10.2. The molecule has 98 valence electrons. The van der Waals surface area contributed by atoms with Crippen LogP contribution in [0.4, 0.5) is 5.82 Å². The van der Waals surface area contributed by atoms with Crippen LogP contribution in [0.5, 0.6) is 5.75 Å². The predicted molar refractivity (Wildman–Crippen MR) is 74.5 cm³/mol. The normalized spacial score (nSPS) is 16.8. The minimum atomic E-state index is 0.178. The lowest BCUT2D eigenvalue weighted by Gasteiger charge is -2.12. The van der Waals surface area contributed by atoms with E-state index in [-0.39, 0.29) is 6.10 Å². The Kier molecular flexibility index (Phi) is 3.31. The van der Waals surface area contributed by atoms with Crippen molar-refractivity contribution >= 4 is 5.82 Å². The van der Waals surface area contributed by atoms with Gasteiger partial charge in [-0.25, -0.2) is 9.97 Å². The van der Waals surface area contributed by atoms with Crippen LogP contribution in [0.2, 0.25) is 0 Å². The van der Waals surface area contributed by atoms with Crippen molar-refractivity contribution in [2.24, 2.45) is 0 Å². The number of para-hydroxylation sites is 1. The number of hydrogen-bond acceptors (Lipinski definition) is 4.